The SMILES string of the molecule is CCOc1ccc(C(NC)C(C)(C)OCC)cc1. The van der Waals surface area contributed by atoms with Crippen LogP contribution in [0.4, 0.5) is 0 Å². The molecule has 0 fully saturated rings. The number of hydrogen-bond acceptors (Lipinski definition) is 3. The molecule has 3 heteroatoms. The zero-order chi connectivity index (χ0) is 13.6. The van der Waals surface area contributed by atoms with E-state index < -0.39 is 0 Å². The molecule has 0 heterocycles. The maximum absolute atomic E-state index is 5.82. The lowest BCUT2D eigenvalue weighted by Gasteiger charge is -2.34. The van der Waals surface area contributed by atoms with E-state index in [1.807, 2.05) is 33.0 Å². The third kappa shape index (κ3) is 3.72. The lowest BCUT2D eigenvalue weighted by molar-refractivity contribution is -0.0374. The molecule has 102 valence electrons. The molecule has 1 aromatic carbocycles. The fourth-order valence-corrected chi connectivity index (χ4v) is 2.29. The molecule has 0 aromatic heterocycles. The highest BCUT2D eigenvalue weighted by molar-refractivity contribution is 5.30. The van der Waals surface area contributed by atoms with E-state index in [1.54, 1.807) is 0 Å². The Morgan fingerprint density at radius 3 is 2.17 bits per heavy atom. The van der Waals surface area contributed by atoms with Gasteiger partial charge in [0.2, 0.25) is 0 Å². The van der Waals surface area contributed by atoms with Gasteiger partial charge in [-0.1, -0.05) is 12.1 Å². The first-order chi connectivity index (χ1) is 8.55. The van der Waals surface area contributed by atoms with Crippen LogP contribution in [0.25, 0.3) is 0 Å². The maximum Gasteiger partial charge on any atom is 0.119 e. The first-order valence-corrected chi connectivity index (χ1v) is 6.59. The van der Waals surface area contributed by atoms with Gasteiger partial charge in [-0.15, -0.1) is 0 Å². The van der Waals surface area contributed by atoms with Crippen LogP contribution in [0.1, 0.15) is 39.3 Å². The quantitative estimate of drug-likeness (QED) is 0.807. The molecule has 0 aliphatic carbocycles. The Morgan fingerprint density at radius 2 is 1.72 bits per heavy atom. The smallest absolute Gasteiger partial charge is 0.119 e. The van der Waals surface area contributed by atoms with Gasteiger partial charge in [-0.3, -0.25) is 0 Å². The van der Waals surface area contributed by atoms with Crippen LogP contribution in [0.15, 0.2) is 24.3 Å². The Hall–Kier alpha value is -1.06. The van der Waals surface area contributed by atoms with Crippen LogP contribution >= 0.6 is 0 Å². The van der Waals surface area contributed by atoms with Crippen molar-refractivity contribution in [1.82, 2.24) is 5.32 Å². The normalized spacial score (nSPS) is 13.4. The minimum atomic E-state index is -0.239. The molecule has 1 N–H and O–H groups in total. The molecule has 0 spiro atoms. The van der Waals surface area contributed by atoms with Gasteiger partial charge in [-0.2, -0.15) is 0 Å². The van der Waals surface area contributed by atoms with Crippen LogP contribution in [-0.2, 0) is 4.74 Å². The molecule has 18 heavy (non-hydrogen) atoms. The van der Waals surface area contributed by atoms with Gasteiger partial charge in [0.15, 0.2) is 0 Å². The summed E-state index contributed by atoms with van der Waals surface area (Å²) in [4.78, 5) is 0. The fourth-order valence-electron chi connectivity index (χ4n) is 2.29. The molecule has 0 radical (unpaired) electrons. The molecule has 1 unspecified atom stereocenters. The zero-order valence-electron chi connectivity index (χ0n) is 12.1. The van der Waals surface area contributed by atoms with Crippen molar-refractivity contribution in [2.24, 2.45) is 0 Å². The minimum Gasteiger partial charge on any atom is -0.494 e. The largest absolute Gasteiger partial charge is 0.494 e. The summed E-state index contributed by atoms with van der Waals surface area (Å²) in [5, 5.41) is 3.33. The highest BCUT2D eigenvalue weighted by atomic mass is 16.5. The molecule has 0 saturated heterocycles. The summed E-state index contributed by atoms with van der Waals surface area (Å²) < 4.78 is 11.3. The van der Waals surface area contributed by atoms with Crippen molar-refractivity contribution in [2.75, 3.05) is 20.3 Å². The molecule has 3 nitrogen and oxygen atoms in total. The van der Waals surface area contributed by atoms with Gasteiger partial charge in [-0.05, 0) is 52.4 Å². The van der Waals surface area contributed by atoms with Crippen molar-refractivity contribution in [1.29, 1.82) is 0 Å². The van der Waals surface area contributed by atoms with Gasteiger partial charge in [0.25, 0.3) is 0 Å². The van der Waals surface area contributed by atoms with Crippen molar-refractivity contribution >= 4 is 0 Å². The standard InChI is InChI=1S/C15H25NO2/c1-6-17-13-10-8-12(9-11-13)14(16-5)15(3,4)18-7-2/h8-11,14,16H,6-7H2,1-5H3. The van der Waals surface area contributed by atoms with Gasteiger partial charge >= 0.3 is 0 Å². The molecular formula is C15H25NO2. The van der Waals surface area contributed by atoms with Crippen molar-refractivity contribution in [3.8, 4) is 5.75 Å². The van der Waals surface area contributed by atoms with E-state index in [9.17, 15) is 0 Å². The Kier molecular flexibility index (Phi) is 5.63. The van der Waals surface area contributed by atoms with E-state index >= 15 is 0 Å². The Balaban J connectivity index is 2.88. The second-order valence-corrected chi connectivity index (χ2v) is 4.76. The lowest BCUT2D eigenvalue weighted by Crippen LogP contribution is -2.40. The van der Waals surface area contributed by atoms with Gasteiger partial charge in [0, 0.05) is 6.61 Å². The predicted octanol–water partition coefficient (Wildman–Crippen LogP) is 3.16. The van der Waals surface area contributed by atoms with E-state index in [4.69, 9.17) is 9.47 Å². The molecule has 1 aromatic rings. The summed E-state index contributed by atoms with van der Waals surface area (Å²) >= 11 is 0. The van der Waals surface area contributed by atoms with Crippen LogP contribution in [0.3, 0.4) is 0 Å². The Labute approximate surface area is 110 Å². The molecule has 1 atom stereocenters. The van der Waals surface area contributed by atoms with Gasteiger partial charge < -0.3 is 14.8 Å². The highest BCUT2D eigenvalue weighted by Crippen LogP contribution is 2.29. The number of rotatable bonds is 7. The monoisotopic (exact) mass is 251 g/mol. The minimum absolute atomic E-state index is 0.160. The van der Waals surface area contributed by atoms with E-state index in [0.717, 1.165) is 5.75 Å². The first kappa shape index (κ1) is 15.0. The number of likely N-dealkylation sites (N-methyl/N-ethyl adjacent to an activating group) is 1. The fraction of sp³-hybridized carbons (Fsp3) is 0.600. The number of ether oxygens (including phenoxy) is 2. The van der Waals surface area contributed by atoms with E-state index in [0.29, 0.717) is 13.2 Å². The third-order valence-electron chi connectivity index (χ3n) is 3.02. The molecule has 0 bridgehead atoms. The van der Waals surface area contributed by atoms with Crippen molar-refractivity contribution in [3.05, 3.63) is 29.8 Å². The Bertz CT molecular complexity index is 346. The topological polar surface area (TPSA) is 30.5 Å². The first-order valence-electron chi connectivity index (χ1n) is 6.59. The summed E-state index contributed by atoms with van der Waals surface area (Å²) in [6, 6.07) is 8.35. The van der Waals surface area contributed by atoms with E-state index in [-0.39, 0.29) is 11.6 Å². The van der Waals surface area contributed by atoms with Crippen LogP contribution in [0.2, 0.25) is 0 Å². The van der Waals surface area contributed by atoms with Crippen LogP contribution in [0, 0.1) is 0 Å². The summed E-state index contributed by atoms with van der Waals surface area (Å²) in [6.45, 7) is 9.62. The number of hydrogen-bond donors (Lipinski definition) is 1. The van der Waals surface area contributed by atoms with Crippen molar-refractivity contribution in [2.45, 2.75) is 39.3 Å². The number of benzene rings is 1. The summed E-state index contributed by atoms with van der Waals surface area (Å²) in [7, 11) is 1.96. The van der Waals surface area contributed by atoms with Crippen LogP contribution in [0.5, 0.6) is 5.75 Å². The van der Waals surface area contributed by atoms with Crippen LogP contribution in [-0.4, -0.2) is 25.9 Å². The predicted molar refractivity (Wildman–Crippen MR) is 75.1 cm³/mol. The molecule has 0 aliphatic rings. The van der Waals surface area contributed by atoms with E-state index in [2.05, 4.69) is 31.3 Å². The number of nitrogens with one attached hydrogen (secondary N) is 1. The Morgan fingerprint density at radius 1 is 1.11 bits per heavy atom. The highest BCUT2D eigenvalue weighted by Gasteiger charge is 2.30. The van der Waals surface area contributed by atoms with Gasteiger partial charge in [0.1, 0.15) is 5.75 Å². The molecule has 0 aliphatic heterocycles. The van der Waals surface area contributed by atoms with Crippen molar-refractivity contribution < 1.29 is 9.47 Å². The summed E-state index contributed by atoms with van der Waals surface area (Å²) in [5.74, 6) is 0.908. The maximum atomic E-state index is 5.82. The summed E-state index contributed by atoms with van der Waals surface area (Å²) in [5.41, 5.74) is 0.968. The lowest BCUT2D eigenvalue weighted by atomic mass is 9.91. The second-order valence-electron chi connectivity index (χ2n) is 4.76. The van der Waals surface area contributed by atoms with Crippen molar-refractivity contribution in [3.63, 3.8) is 0 Å². The van der Waals surface area contributed by atoms with E-state index in [1.165, 1.54) is 5.56 Å². The summed E-state index contributed by atoms with van der Waals surface area (Å²) in [6.07, 6.45) is 0. The average Bonchev–Trinajstić information content (AvgIpc) is 2.32. The molecule has 1 rings (SSSR count). The zero-order valence-corrected chi connectivity index (χ0v) is 12.1. The van der Waals surface area contributed by atoms with Gasteiger partial charge in [0.05, 0.1) is 18.2 Å². The third-order valence-corrected chi connectivity index (χ3v) is 3.02. The molecule has 0 saturated carbocycles. The molecule has 0 amide bonds. The van der Waals surface area contributed by atoms with Crippen LogP contribution < -0.4 is 10.1 Å². The van der Waals surface area contributed by atoms with Gasteiger partial charge in [-0.25, -0.2) is 0 Å². The molecular weight excluding hydrogens is 226 g/mol. The average molecular weight is 251 g/mol. The second kappa shape index (κ2) is 6.76.